The Morgan fingerprint density at radius 2 is 1.81 bits per heavy atom. The molecule has 4 rings (SSSR count). The molecule has 0 bridgehead atoms. The van der Waals surface area contributed by atoms with E-state index in [1.807, 2.05) is 35.2 Å². The lowest BCUT2D eigenvalue weighted by Gasteiger charge is -2.34. The first-order valence-corrected chi connectivity index (χ1v) is 11.7. The number of carbonyl (C=O) groups excluding carboxylic acids is 1. The fourth-order valence-corrected chi connectivity index (χ4v) is 5.12. The molecule has 31 heavy (non-hydrogen) atoms. The Bertz CT molecular complexity index is 1230. The van der Waals surface area contributed by atoms with E-state index in [9.17, 15) is 13.2 Å². The molecule has 162 valence electrons. The molecular formula is C21H21ClN4O4S. The molecule has 2 aromatic carbocycles. The SMILES string of the molecule is CCOC(=O)c1cnc(N2CCN(S(=O)(=O)c3ccc4ccccc4c3)CC2)nc1Cl. The van der Waals surface area contributed by atoms with Crippen molar-refractivity contribution in [3.8, 4) is 0 Å². The van der Waals surface area contributed by atoms with Gasteiger partial charge < -0.3 is 9.64 Å². The summed E-state index contributed by atoms with van der Waals surface area (Å²) in [6, 6.07) is 12.8. The standard InChI is InChI=1S/C21H21ClN4O4S/c1-2-30-20(27)18-14-23-21(24-19(18)22)25-9-11-26(12-10-25)31(28,29)17-8-7-15-5-3-4-6-16(15)13-17/h3-8,13-14H,2,9-12H2,1H3. The Morgan fingerprint density at radius 3 is 2.48 bits per heavy atom. The van der Waals surface area contributed by atoms with Gasteiger partial charge in [-0.25, -0.2) is 23.2 Å². The zero-order valence-corrected chi connectivity index (χ0v) is 18.4. The van der Waals surface area contributed by atoms with Gasteiger partial charge in [0.2, 0.25) is 16.0 Å². The summed E-state index contributed by atoms with van der Waals surface area (Å²) in [4.78, 5) is 22.4. The number of aromatic nitrogens is 2. The number of halogens is 1. The number of sulfonamides is 1. The third-order valence-corrected chi connectivity index (χ3v) is 7.29. The first-order valence-electron chi connectivity index (χ1n) is 9.83. The minimum atomic E-state index is -3.61. The number of ether oxygens (including phenoxy) is 1. The smallest absolute Gasteiger partial charge is 0.342 e. The Balaban J connectivity index is 1.47. The highest BCUT2D eigenvalue weighted by Gasteiger charge is 2.30. The van der Waals surface area contributed by atoms with Gasteiger partial charge in [-0.1, -0.05) is 41.9 Å². The zero-order chi connectivity index (χ0) is 22.0. The molecule has 0 radical (unpaired) electrons. The molecule has 0 N–H and O–H groups in total. The van der Waals surface area contributed by atoms with E-state index < -0.39 is 16.0 Å². The molecule has 1 aliphatic rings. The average molecular weight is 461 g/mol. The third-order valence-electron chi connectivity index (χ3n) is 5.11. The Morgan fingerprint density at radius 1 is 1.10 bits per heavy atom. The molecule has 8 nitrogen and oxygen atoms in total. The number of benzene rings is 2. The van der Waals surface area contributed by atoms with Gasteiger partial charge in [-0.05, 0) is 29.8 Å². The van der Waals surface area contributed by atoms with Gasteiger partial charge in [0.05, 0.1) is 11.5 Å². The van der Waals surface area contributed by atoms with E-state index in [4.69, 9.17) is 16.3 Å². The highest BCUT2D eigenvalue weighted by Crippen LogP contribution is 2.24. The van der Waals surface area contributed by atoms with Gasteiger partial charge in [0, 0.05) is 32.4 Å². The summed E-state index contributed by atoms with van der Waals surface area (Å²) >= 11 is 6.12. The zero-order valence-electron chi connectivity index (χ0n) is 16.9. The average Bonchev–Trinajstić information content (AvgIpc) is 2.79. The van der Waals surface area contributed by atoms with Crippen molar-refractivity contribution in [1.29, 1.82) is 0 Å². The summed E-state index contributed by atoms with van der Waals surface area (Å²) in [7, 11) is -3.61. The van der Waals surface area contributed by atoms with Crippen LogP contribution < -0.4 is 4.90 Å². The molecule has 0 saturated carbocycles. The van der Waals surface area contributed by atoms with E-state index >= 15 is 0 Å². The molecule has 0 spiro atoms. The van der Waals surface area contributed by atoms with E-state index in [2.05, 4.69) is 9.97 Å². The topological polar surface area (TPSA) is 92.7 Å². The first-order chi connectivity index (χ1) is 14.9. The maximum absolute atomic E-state index is 13.1. The molecule has 10 heteroatoms. The molecule has 1 fully saturated rings. The minimum Gasteiger partial charge on any atom is -0.462 e. The lowest BCUT2D eigenvalue weighted by molar-refractivity contribution is 0.0525. The normalized spacial score (nSPS) is 15.2. The van der Waals surface area contributed by atoms with Crippen LogP contribution in [0.4, 0.5) is 5.95 Å². The van der Waals surface area contributed by atoms with Crippen molar-refractivity contribution in [2.75, 3.05) is 37.7 Å². The van der Waals surface area contributed by atoms with Crippen LogP contribution in [0.1, 0.15) is 17.3 Å². The van der Waals surface area contributed by atoms with Crippen LogP contribution in [-0.2, 0) is 14.8 Å². The van der Waals surface area contributed by atoms with Crippen molar-refractivity contribution < 1.29 is 17.9 Å². The van der Waals surface area contributed by atoms with Crippen LogP contribution in [0.15, 0.2) is 53.6 Å². The molecular weight excluding hydrogens is 440 g/mol. The van der Waals surface area contributed by atoms with Gasteiger partial charge in [-0.15, -0.1) is 0 Å². The van der Waals surface area contributed by atoms with Crippen molar-refractivity contribution in [2.45, 2.75) is 11.8 Å². The van der Waals surface area contributed by atoms with Gasteiger partial charge >= 0.3 is 5.97 Å². The van der Waals surface area contributed by atoms with E-state index in [1.54, 1.807) is 19.1 Å². The molecule has 0 atom stereocenters. The molecule has 1 saturated heterocycles. The van der Waals surface area contributed by atoms with Crippen LogP contribution >= 0.6 is 11.6 Å². The molecule has 0 aliphatic carbocycles. The van der Waals surface area contributed by atoms with Crippen LogP contribution in [0.2, 0.25) is 5.15 Å². The fourth-order valence-electron chi connectivity index (χ4n) is 3.46. The van der Waals surface area contributed by atoms with Crippen molar-refractivity contribution >= 4 is 44.3 Å². The summed E-state index contributed by atoms with van der Waals surface area (Å²) in [5.74, 6) is -0.230. The number of hydrogen-bond donors (Lipinski definition) is 0. The van der Waals surface area contributed by atoms with Gasteiger partial charge in [0.15, 0.2) is 0 Å². The highest BCUT2D eigenvalue weighted by atomic mass is 35.5. The minimum absolute atomic E-state index is 0.00895. The van der Waals surface area contributed by atoms with E-state index in [-0.39, 0.29) is 35.3 Å². The summed E-state index contributed by atoms with van der Waals surface area (Å²) < 4.78 is 32.6. The van der Waals surface area contributed by atoms with Gasteiger partial charge in [0.25, 0.3) is 0 Å². The van der Waals surface area contributed by atoms with E-state index in [0.717, 1.165) is 10.8 Å². The van der Waals surface area contributed by atoms with Crippen LogP contribution in [0, 0.1) is 0 Å². The lowest BCUT2D eigenvalue weighted by atomic mass is 10.1. The van der Waals surface area contributed by atoms with Crippen LogP contribution in [-0.4, -0.2) is 61.4 Å². The molecule has 0 amide bonds. The van der Waals surface area contributed by atoms with Crippen molar-refractivity contribution in [2.24, 2.45) is 0 Å². The lowest BCUT2D eigenvalue weighted by Crippen LogP contribution is -2.49. The fraction of sp³-hybridized carbons (Fsp3) is 0.286. The number of nitrogens with zero attached hydrogens (tertiary/aromatic N) is 4. The number of esters is 1. The van der Waals surface area contributed by atoms with E-state index in [1.165, 1.54) is 10.5 Å². The first kappa shape index (κ1) is 21.5. The summed E-state index contributed by atoms with van der Waals surface area (Å²) in [5, 5.41) is 1.88. The van der Waals surface area contributed by atoms with Crippen molar-refractivity contribution in [3.63, 3.8) is 0 Å². The Kier molecular flexibility index (Phi) is 6.08. The number of carbonyl (C=O) groups is 1. The predicted molar refractivity (Wildman–Crippen MR) is 118 cm³/mol. The monoisotopic (exact) mass is 460 g/mol. The number of rotatable bonds is 5. The maximum atomic E-state index is 13.1. The summed E-state index contributed by atoms with van der Waals surface area (Å²) in [6.45, 7) is 3.31. The van der Waals surface area contributed by atoms with Crippen molar-refractivity contribution in [3.05, 3.63) is 59.4 Å². The molecule has 3 aromatic rings. The maximum Gasteiger partial charge on any atom is 0.342 e. The van der Waals surface area contributed by atoms with Gasteiger partial charge in [0.1, 0.15) is 10.7 Å². The molecule has 1 aliphatic heterocycles. The third kappa shape index (κ3) is 4.34. The van der Waals surface area contributed by atoms with Gasteiger partial charge in [-0.2, -0.15) is 4.31 Å². The Labute approximate surface area is 185 Å². The number of anilines is 1. The molecule has 2 heterocycles. The van der Waals surface area contributed by atoms with Crippen molar-refractivity contribution in [1.82, 2.24) is 14.3 Å². The second kappa shape index (κ2) is 8.78. The van der Waals surface area contributed by atoms with Crippen LogP contribution in [0.25, 0.3) is 10.8 Å². The molecule has 0 unspecified atom stereocenters. The number of fused-ring (bicyclic) bond motifs is 1. The van der Waals surface area contributed by atoms with E-state index in [0.29, 0.717) is 19.0 Å². The van der Waals surface area contributed by atoms with Crippen LogP contribution in [0.5, 0.6) is 0 Å². The number of hydrogen-bond acceptors (Lipinski definition) is 7. The largest absolute Gasteiger partial charge is 0.462 e. The molecule has 1 aromatic heterocycles. The second-order valence-electron chi connectivity index (χ2n) is 7.00. The van der Waals surface area contributed by atoms with Crippen LogP contribution in [0.3, 0.4) is 0 Å². The highest BCUT2D eigenvalue weighted by molar-refractivity contribution is 7.89. The predicted octanol–water partition coefficient (Wildman–Crippen LogP) is 2.97. The second-order valence-corrected chi connectivity index (χ2v) is 9.29. The summed E-state index contributed by atoms with van der Waals surface area (Å²) in [5.41, 5.74) is 0.102. The van der Waals surface area contributed by atoms with Gasteiger partial charge in [-0.3, -0.25) is 0 Å². The number of piperazine rings is 1. The Hall–Kier alpha value is -2.75. The summed E-state index contributed by atoms with van der Waals surface area (Å²) in [6.07, 6.45) is 1.33. The quantitative estimate of drug-likeness (QED) is 0.427.